The van der Waals surface area contributed by atoms with Gasteiger partial charge in [0, 0.05) is 43.5 Å². The van der Waals surface area contributed by atoms with E-state index in [-0.39, 0.29) is 35.6 Å². The lowest BCUT2D eigenvalue weighted by atomic mass is 9.81. The van der Waals surface area contributed by atoms with Crippen molar-refractivity contribution in [3.8, 4) is 0 Å². The van der Waals surface area contributed by atoms with Crippen molar-refractivity contribution in [3.05, 3.63) is 41.7 Å². The maximum Gasteiger partial charge on any atom is 0.224 e. The first-order valence-corrected chi connectivity index (χ1v) is 11.4. The van der Waals surface area contributed by atoms with Crippen molar-refractivity contribution in [2.75, 3.05) is 38.1 Å². The zero-order valence-electron chi connectivity index (χ0n) is 18.4. The summed E-state index contributed by atoms with van der Waals surface area (Å²) < 4.78 is 14.1. The third-order valence-electron chi connectivity index (χ3n) is 6.69. The summed E-state index contributed by atoms with van der Waals surface area (Å²) in [6.45, 7) is 5.52. The number of benzene rings is 1. The molecule has 1 aliphatic heterocycles. The van der Waals surface area contributed by atoms with Crippen LogP contribution in [0.15, 0.2) is 30.4 Å². The molecule has 2 aliphatic carbocycles. The number of carbonyl (C=O) groups excluding carboxylic acids is 2. The Hall–Kier alpha value is -2.41. The highest BCUT2D eigenvalue weighted by atomic mass is 19.1. The second kappa shape index (κ2) is 9.39. The fourth-order valence-corrected chi connectivity index (χ4v) is 4.54. The van der Waals surface area contributed by atoms with E-state index < -0.39 is 5.92 Å². The number of likely N-dealkylation sites (N-methyl/N-ethyl adjacent to an activating group) is 1. The van der Waals surface area contributed by atoms with Crippen molar-refractivity contribution in [2.45, 2.75) is 44.7 Å². The van der Waals surface area contributed by atoms with Gasteiger partial charge in [-0.2, -0.15) is 0 Å². The maximum absolute atomic E-state index is 14.1. The molecular formula is C24H33FN4O2. The molecule has 2 amide bonds. The lowest BCUT2D eigenvalue weighted by Gasteiger charge is -2.36. The van der Waals surface area contributed by atoms with Gasteiger partial charge in [0.05, 0.1) is 17.9 Å². The predicted octanol–water partition coefficient (Wildman–Crippen LogP) is 2.62. The van der Waals surface area contributed by atoms with Crippen molar-refractivity contribution < 1.29 is 14.0 Å². The quantitative estimate of drug-likeness (QED) is 0.684. The van der Waals surface area contributed by atoms with E-state index in [0.717, 1.165) is 50.3 Å². The first-order chi connectivity index (χ1) is 14.9. The minimum absolute atomic E-state index is 0.0245. The average molecular weight is 429 g/mol. The number of hydrogen-bond acceptors (Lipinski definition) is 4. The number of rotatable bonds is 6. The third-order valence-corrected chi connectivity index (χ3v) is 6.69. The van der Waals surface area contributed by atoms with Gasteiger partial charge in [0.15, 0.2) is 0 Å². The summed E-state index contributed by atoms with van der Waals surface area (Å²) in [6, 6.07) is 4.75. The van der Waals surface area contributed by atoms with Crippen LogP contribution < -0.4 is 15.5 Å². The van der Waals surface area contributed by atoms with E-state index in [1.165, 1.54) is 12.1 Å². The van der Waals surface area contributed by atoms with Crippen LogP contribution in [0.2, 0.25) is 0 Å². The molecule has 31 heavy (non-hydrogen) atoms. The molecule has 6 nitrogen and oxygen atoms in total. The van der Waals surface area contributed by atoms with Gasteiger partial charge in [0.2, 0.25) is 11.8 Å². The number of amides is 2. The Kier molecular flexibility index (Phi) is 6.60. The fourth-order valence-electron chi connectivity index (χ4n) is 4.54. The molecule has 7 heteroatoms. The summed E-state index contributed by atoms with van der Waals surface area (Å²) in [7, 11) is 2.10. The molecule has 1 aromatic carbocycles. The van der Waals surface area contributed by atoms with Gasteiger partial charge in [0.25, 0.3) is 0 Å². The molecule has 0 unspecified atom stereocenters. The normalized spacial score (nSPS) is 25.2. The Bertz CT molecular complexity index is 846. The number of nitrogens with zero attached hydrogens (tertiary/aromatic N) is 2. The minimum atomic E-state index is -0.396. The molecule has 3 aliphatic rings. The van der Waals surface area contributed by atoms with Gasteiger partial charge in [-0.1, -0.05) is 12.2 Å². The molecule has 3 atom stereocenters. The van der Waals surface area contributed by atoms with Gasteiger partial charge in [-0.05, 0) is 57.9 Å². The SMILES string of the molecule is C[C@H](NC(=O)[C@H]1CC=CC[C@@H]1C(=O)NC1CC1)c1cc(F)ccc1N1CCN(C)CC1. The van der Waals surface area contributed by atoms with E-state index in [1.54, 1.807) is 0 Å². The van der Waals surface area contributed by atoms with E-state index in [9.17, 15) is 14.0 Å². The Morgan fingerprint density at radius 1 is 1.03 bits per heavy atom. The molecule has 4 rings (SSSR count). The number of piperazine rings is 1. The highest BCUT2D eigenvalue weighted by Gasteiger charge is 2.37. The number of hydrogen-bond donors (Lipinski definition) is 2. The molecule has 0 bridgehead atoms. The largest absolute Gasteiger partial charge is 0.369 e. The molecule has 1 heterocycles. The third kappa shape index (κ3) is 5.26. The second-order valence-electron chi connectivity index (χ2n) is 9.16. The molecule has 0 radical (unpaired) electrons. The van der Waals surface area contributed by atoms with Crippen molar-refractivity contribution in [1.29, 1.82) is 0 Å². The number of allylic oxidation sites excluding steroid dienone is 2. The van der Waals surface area contributed by atoms with Gasteiger partial charge in [-0.15, -0.1) is 0 Å². The molecule has 1 saturated carbocycles. The van der Waals surface area contributed by atoms with Crippen LogP contribution in [0.5, 0.6) is 0 Å². The number of halogens is 1. The summed E-state index contributed by atoms with van der Waals surface area (Å²) in [5.74, 6) is -1.21. The smallest absolute Gasteiger partial charge is 0.224 e. The summed E-state index contributed by atoms with van der Waals surface area (Å²) >= 11 is 0. The van der Waals surface area contributed by atoms with E-state index >= 15 is 0 Å². The Morgan fingerprint density at radius 3 is 2.32 bits per heavy atom. The van der Waals surface area contributed by atoms with Crippen LogP contribution in [-0.4, -0.2) is 56.0 Å². The van der Waals surface area contributed by atoms with Gasteiger partial charge < -0.3 is 20.4 Å². The van der Waals surface area contributed by atoms with Crippen LogP contribution in [0.3, 0.4) is 0 Å². The first kappa shape index (κ1) is 21.8. The lowest BCUT2D eigenvalue weighted by Crippen LogP contribution is -2.46. The molecule has 1 aromatic rings. The van der Waals surface area contributed by atoms with Gasteiger partial charge in [-0.3, -0.25) is 9.59 Å². The van der Waals surface area contributed by atoms with Crippen LogP contribution in [0, 0.1) is 17.7 Å². The van der Waals surface area contributed by atoms with Crippen molar-refractivity contribution in [2.24, 2.45) is 11.8 Å². The molecule has 2 N–H and O–H groups in total. The van der Waals surface area contributed by atoms with Crippen LogP contribution in [0.25, 0.3) is 0 Å². The van der Waals surface area contributed by atoms with Crippen LogP contribution in [0.4, 0.5) is 10.1 Å². The zero-order valence-corrected chi connectivity index (χ0v) is 18.4. The number of carbonyl (C=O) groups is 2. The summed E-state index contributed by atoms with van der Waals surface area (Å²) in [6.07, 6.45) is 7.15. The minimum Gasteiger partial charge on any atom is -0.369 e. The summed E-state index contributed by atoms with van der Waals surface area (Å²) in [4.78, 5) is 30.4. The summed E-state index contributed by atoms with van der Waals surface area (Å²) in [5.41, 5.74) is 1.75. The van der Waals surface area contributed by atoms with Gasteiger partial charge >= 0.3 is 0 Å². The molecule has 0 aromatic heterocycles. The van der Waals surface area contributed by atoms with E-state index in [2.05, 4.69) is 27.5 Å². The van der Waals surface area contributed by atoms with E-state index in [1.807, 2.05) is 25.1 Å². The molecule has 2 fully saturated rings. The van der Waals surface area contributed by atoms with E-state index in [0.29, 0.717) is 12.8 Å². The van der Waals surface area contributed by atoms with Crippen molar-refractivity contribution in [3.63, 3.8) is 0 Å². The second-order valence-corrected chi connectivity index (χ2v) is 9.16. The van der Waals surface area contributed by atoms with Crippen LogP contribution >= 0.6 is 0 Å². The molecule has 1 saturated heterocycles. The predicted molar refractivity (Wildman–Crippen MR) is 119 cm³/mol. The average Bonchev–Trinajstić information content (AvgIpc) is 3.58. The number of anilines is 1. The molecule has 0 spiro atoms. The number of nitrogens with one attached hydrogen (secondary N) is 2. The standard InChI is InChI=1S/C24H33FN4O2/c1-16(21-15-17(25)7-10-22(21)29-13-11-28(2)12-14-29)26-23(30)19-5-3-4-6-20(19)24(31)27-18-8-9-18/h3-4,7,10,15-16,18-20H,5-6,8-9,11-14H2,1-2H3,(H,26,30)(H,27,31)/t16-,19-,20-/m0/s1. The first-order valence-electron chi connectivity index (χ1n) is 11.4. The molecular weight excluding hydrogens is 395 g/mol. The Labute approximate surface area is 183 Å². The maximum atomic E-state index is 14.1. The lowest BCUT2D eigenvalue weighted by molar-refractivity contribution is -0.135. The van der Waals surface area contributed by atoms with E-state index in [4.69, 9.17) is 0 Å². The fraction of sp³-hybridized carbons (Fsp3) is 0.583. The Morgan fingerprint density at radius 2 is 1.68 bits per heavy atom. The zero-order chi connectivity index (χ0) is 22.0. The molecule has 168 valence electrons. The highest BCUT2D eigenvalue weighted by molar-refractivity contribution is 5.88. The van der Waals surface area contributed by atoms with Crippen LogP contribution in [0.1, 0.15) is 44.2 Å². The summed E-state index contributed by atoms with van der Waals surface area (Å²) in [5, 5.41) is 6.12. The topological polar surface area (TPSA) is 64.7 Å². The van der Waals surface area contributed by atoms with Crippen molar-refractivity contribution in [1.82, 2.24) is 15.5 Å². The van der Waals surface area contributed by atoms with Crippen LogP contribution in [-0.2, 0) is 9.59 Å². The monoisotopic (exact) mass is 428 g/mol. The highest BCUT2D eigenvalue weighted by Crippen LogP contribution is 2.31. The van der Waals surface area contributed by atoms with Crippen molar-refractivity contribution >= 4 is 17.5 Å². The van der Waals surface area contributed by atoms with Gasteiger partial charge in [0.1, 0.15) is 5.82 Å². The van der Waals surface area contributed by atoms with Gasteiger partial charge in [-0.25, -0.2) is 4.39 Å². The Balaban J connectivity index is 1.47.